The van der Waals surface area contributed by atoms with Crippen molar-refractivity contribution in [3.63, 3.8) is 0 Å². The summed E-state index contributed by atoms with van der Waals surface area (Å²) in [4.78, 5) is 0. The maximum atomic E-state index is 13.2. The van der Waals surface area contributed by atoms with E-state index in [0.717, 1.165) is 11.6 Å². The Labute approximate surface area is 117 Å². The first-order valence-electron chi connectivity index (χ1n) is 6.95. The van der Waals surface area contributed by atoms with Crippen molar-refractivity contribution in [2.45, 2.75) is 31.2 Å². The number of halogens is 2. The van der Waals surface area contributed by atoms with Crippen LogP contribution in [0.15, 0.2) is 42.5 Å². The van der Waals surface area contributed by atoms with E-state index in [0.29, 0.717) is 11.5 Å². The molecule has 0 aromatic heterocycles. The van der Waals surface area contributed by atoms with Crippen molar-refractivity contribution in [1.82, 2.24) is 0 Å². The van der Waals surface area contributed by atoms with Gasteiger partial charge in [0.2, 0.25) is 0 Å². The average Bonchev–Trinajstić information content (AvgIpc) is 2.35. The molecule has 104 valence electrons. The first-order chi connectivity index (χ1) is 9.63. The maximum absolute atomic E-state index is 13.2. The van der Waals surface area contributed by atoms with E-state index < -0.39 is 17.7 Å². The predicted molar refractivity (Wildman–Crippen MR) is 75.4 cm³/mol. The van der Waals surface area contributed by atoms with Crippen molar-refractivity contribution in [3.05, 3.63) is 70.8 Å². The molecule has 0 aliphatic heterocycles. The second-order valence-electron chi connectivity index (χ2n) is 5.47. The van der Waals surface area contributed by atoms with Crippen LogP contribution in [0.5, 0.6) is 0 Å². The van der Waals surface area contributed by atoms with Crippen LogP contribution in [0.2, 0.25) is 0 Å². The minimum atomic E-state index is -0.596. The SMILES string of the molecule is NC(c1ccc(C2CCC2)cc1)c1cc(F)cc(F)c1. The van der Waals surface area contributed by atoms with Crippen molar-refractivity contribution in [2.75, 3.05) is 0 Å². The van der Waals surface area contributed by atoms with E-state index in [1.54, 1.807) is 0 Å². The summed E-state index contributed by atoms with van der Waals surface area (Å²) in [5, 5.41) is 0. The molecule has 2 N–H and O–H groups in total. The second kappa shape index (κ2) is 5.33. The lowest BCUT2D eigenvalue weighted by Gasteiger charge is -2.26. The van der Waals surface area contributed by atoms with Crippen LogP contribution in [0.4, 0.5) is 8.78 Å². The highest BCUT2D eigenvalue weighted by Gasteiger charge is 2.19. The van der Waals surface area contributed by atoms with Crippen LogP contribution < -0.4 is 5.73 Å². The molecular formula is C17H17F2N. The molecule has 2 aromatic rings. The third-order valence-electron chi connectivity index (χ3n) is 4.12. The molecule has 0 saturated heterocycles. The number of hydrogen-bond acceptors (Lipinski definition) is 1. The van der Waals surface area contributed by atoms with Gasteiger partial charge in [0.05, 0.1) is 6.04 Å². The topological polar surface area (TPSA) is 26.0 Å². The Morgan fingerprint density at radius 2 is 1.50 bits per heavy atom. The van der Waals surface area contributed by atoms with Gasteiger partial charge in [-0.05, 0) is 47.6 Å². The summed E-state index contributed by atoms with van der Waals surface area (Å²) in [5.41, 5.74) is 8.76. The van der Waals surface area contributed by atoms with E-state index in [2.05, 4.69) is 12.1 Å². The van der Waals surface area contributed by atoms with Crippen molar-refractivity contribution >= 4 is 0 Å². The summed E-state index contributed by atoms with van der Waals surface area (Å²) in [6.07, 6.45) is 3.80. The zero-order valence-corrected chi connectivity index (χ0v) is 11.2. The highest BCUT2D eigenvalue weighted by atomic mass is 19.1. The highest BCUT2D eigenvalue weighted by Crippen LogP contribution is 2.36. The maximum Gasteiger partial charge on any atom is 0.126 e. The summed E-state index contributed by atoms with van der Waals surface area (Å²) in [7, 11) is 0. The van der Waals surface area contributed by atoms with E-state index in [4.69, 9.17) is 5.73 Å². The minimum absolute atomic E-state index is 0.457. The van der Waals surface area contributed by atoms with Gasteiger partial charge in [0.25, 0.3) is 0 Å². The van der Waals surface area contributed by atoms with E-state index >= 15 is 0 Å². The summed E-state index contributed by atoms with van der Waals surface area (Å²) >= 11 is 0. The molecule has 1 fully saturated rings. The molecule has 1 unspecified atom stereocenters. The number of rotatable bonds is 3. The van der Waals surface area contributed by atoms with Crippen LogP contribution in [-0.2, 0) is 0 Å². The van der Waals surface area contributed by atoms with Crippen LogP contribution >= 0.6 is 0 Å². The van der Waals surface area contributed by atoms with Crippen molar-refractivity contribution in [2.24, 2.45) is 5.73 Å². The summed E-state index contributed by atoms with van der Waals surface area (Å²) in [5.74, 6) is -0.519. The lowest BCUT2D eigenvalue weighted by molar-refractivity contribution is 0.419. The molecule has 0 amide bonds. The predicted octanol–water partition coefficient (Wildman–Crippen LogP) is 4.28. The Bertz CT molecular complexity index is 583. The summed E-state index contributed by atoms with van der Waals surface area (Å²) in [6, 6.07) is 11.0. The minimum Gasteiger partial charge on any atom is -0.320 e. The molecule has 3 rings (SSSR count). The largest absolute Gasteiger partial charge is 0.320 e. The van der Waals surface area contributed by atoms with Gasteiger partial charge in [-0.15, -0.1) is 0 Å². The standard InChI is InChI=1S/C17H17F2N/c18-15-8-14(9-16(19)10-15)17(20)13-6-4-12(5-7-13)11-2-1-3-11/h4-11,17H,1-3,20H2. The van der Waals surface area contributed by atoms with Gasteiger partial charge < -0.3 is 5.73 Å². The fourth-order valence-corrected chi connectivity index (χ4v) is 2.66. The molecule has 1 nitrogen and oxygen atoms in total. The molecule has 3 heteroatoms. The smallest absolute Gasteiger partial charge is 0.126 e. The lowest BCUT2D eigenvalue weighted by atomic mass is 9.79. The van der Waals surface area contributed by atoms with Gasteiger partial charge in [0, 0.05) is 6.07 Å². The zero-order valence-electron chi connectivity index (χ0n) is 11.2. The van der Waals surface area contributed by atoms with Crippen molar-refractivity contribution in [1.29, 1.82) is 0 Å². The highest BCUT2D eigenvalue weighted by molar-refractivity contribution is 5.35. The molecule has 20 heavy (non-hydrogen) atoms. The Morgan fingerprint density at radius 1 is 0.900 bits per heavy atom. The quantitative estimate of drug-likeness (QED) is 0.887. The van der Waals surface area contributed by atoms with Crippen molar-refractivity contribution in [3.8, 4) is 0 Å². The first-order valence-corrected chi connectivity index (χ1v) is 6.95. The monoisotopic (exact) mass is 273 g/mol. The van der Waals surface area contributed by atoms with Gasteiger partial charge in [-0.25, -0.2) is 8.78 Å². The molecule has 0 spiro atoms. The number of hydrogen-bond donors (Lipinski definition) is 1. The molecular weight excluding hydrogens is 256 g/mol. The second-order valence-corrected chi connectivity index (χ2v) is 5.47. The van der Waals surface area contributed by atoms with Gasteiger partial charge in [0.1, 0.15) is 11.6 Å². The molecule has 1 aliphatic rings. The van der Waals surface area contributed by atoms with E-state index in [1.807, 2.05) is 12.1 Å². The van der Waals surface area contributed by atoms with Crippen LogP contribution in [0, 0.1) is 11.6 Å². The van der Waals surface area contributed by atoms with Gasteiger partial charge in [0.15, 0.2) is 0 Å². The van der Waals surface area contributed by atoms with Crippen LogP contribution in [0.1, 0.15) is 47.9 Å². The zero-order chi connectivity index (χ0) is 14.1. The van der Waals surface area contributed by atoms with Gasteiger partial charge in [-0.3, -0.25) is 0 Å². The Morgan fingerprint density at radius 3 is 2.00 bits per heavy atom. The molecule has 1 saturated carbocycles. The summed E-state index contributed by atoms with van der Waals surface area (Å²) < 4.78 is 26.5. The third kappa shape index (κ3) is 2.59. The fraction of sp³-hybridized carbons (Fsp3) is 0.294. The van der Waals surface area contributed by atoms with Crippen LogP contribution in [-0.4, -0.2) is 0 Å². The summed E-state index contributed by atoms with van der Waals surface area (Å²) in [6.45, 7) is 0. The molecule has 0 heterocycles. The van der Waals surface area contributed by atoms with Crippen molar-refractivity contribution < 1.29 is 8.78 Å². The Balaban J connectivity index is 1.83. The van der Waals surface area contributed by atoms with E-state index in [1.165, 1.54) is 37.0 Å². The molecule has 0 radical (unpaired) electrons. The Kier molecular flexibility index (Phi) is 3.53. The number of benzene rings is 2. The molecule has 1 atom stereocenters. The molecule has 1 aliphatic carbocycles. The van der Waals surface area contributed by atoms with Crippen LogP contribution in [0.3, 0.4) is 0 Å². The third-order valence-corrected chi connectivity index (χ3v) is 4.12. The normalized spacial score (nSPS) is 16.8. The Hall–Kier alpha value is -1.74. The van der Waals surface area contributed by atoms with Gasteiger partial charge in [-0.2, -0.15) is 0 Å². The van der Waals surface area contributed by atoms with Crippen LogP contribution in [0.25, 0.3) is 0 Å². The molecule has 0 bridgehead atoms. The lowest BCUT2D eigenvalue weighted by Crippen LogP contribution is -2.13. The fourth-order valence-electron chi connectivity index (χ4n) is 2.66. The molecule has 2 aromatic carbocycles. The van der Waals surface area contributed by atoms with E-state index in [-0.39, 0.29) is 0 Å². The van der Waals surface area contributed by atoms with Gasteiger partial charge >= 0.3 is 0 Å². The average molecular weight is 273 g/mol. The van der Waals surface area contributed by atoms with Gasteiger partial charge in [-0.1, -0.05) is 30.7 Å². The first kappa shape index (κ1) is 13.3. The number of nitrogens with two attached hydrogens (primary N) is 1. The van der Waals surface area contributed by atoms with E-state index in [9.17, 15) is 8.78 Å².